The monoisotopic (exact) mass is 493 g/mol. The van der Waals surface area contributed by atoms with Gasteiger partial charge in [0.2, 0.25) is 0 Å². The zero-order valence-corrected chi connectivity index (χ0v) is 16.5. The molecule has 0 unspecified atom stereocenters. The Morgan fingerprint density at radius 2 is 1.75 bits per heavy atom. The van der Waals surface area contributed by atoms with Crippen LogP contribution >= 0.6 is 0 Å². The summed E-state index contributed by atoms with van der Waals surface area (Å²) in [6.07, 6.45) is 3.92. The van der Waals surface area contributed by atoms with Gasteiger partial charge >= 0.3 is 165 Å². The Morgan fingerprint density at radius 3 is 2.57 bits per heavy atom. The van der Waals surface area contributed by atoms with Crippen LogP contribution in [0.4, 0.5) is 19.0 Å². The van der Waals surface area contributed by atoms with Crippen molar-refractivity contribution in [2.75, 3.05) is 11.9 Å². The summed E-state index contributed by atoms with van der Waals surface area (Å²) in [6.45, 7) is 0.163. The number of fused-ring (bicyclic) bond motifs is 1. The molecular formula is C20H13F3IN4-. The van der Waals surface area contributed by atoms with Crippen LogP contribution in [0.15, 0.2) is 74.3 Å². The molecule has 0 amide bonds. The molecule has 0 radical (unpaired) electrons. The molecule has 8 heteroatoms. The molecule has 1 aromatic carbocycles. The van der Waals surface area contributed by atoms with Crippen LogP contribution in [0.3, 0.4) is 0 Å². The molecule has 0 bridgehead atoms. The van der Waals surface area contributed by atoms with Gasteiger partial charge in [-0.25, -0.2) is 4.39 Å². The summed E-state index contributed by atoms with van der Waals surface area (Å²) in [6, 6.07) is 7.93. The van der Waals surface area contributed by atoms with E-state index in [1.807, 2.05) is 6.07 Å². The number of rotatable bonds is 4. The van der Waals surface area contributed by atoms with Crippen molar-refractivity contribution in [1.29, 1.82) is 0 Å². The van der Waals surface area contributed by atoms with Gasteiger partial charge in [0.15, 0.2) is 0 Å². The first-order valence-corrected chi connectivity index (χ1v) is 10.7. The predicted octanol–water partition coefficient (Wildman–Crippen LogP) is 1.89. The van der Waals surface area contributed by atoms with Gasteiger partial charge in [0.1, 0.15) is 0 Å². The summed E-state index contributed by atoms with van der Waals surface area (Å²) in [7, 11) is 0. The van der Waals surface area contributed by atoms with E-state index in [2.05, 4.69) is 20.3 Å². The minimum atomic E-state index is -0.684. The molecule has 0 fully saturated rings. The number of halogens is 4. The Balaban J connectivity index is 1.64. The Labute approximate surface area is 169 Å². The molecule has 3 aromatic rings. The van der Waals surface area contributed by atoms with Crippen LogP contribution in [0.1, 0.15) is 0 Å². The Hall–Kier alpha value is -2.75. The number of nitrogens with one attached hydrogen (secondary N) is 1. The molecule has 3 heterocycles. The molecule has 1 aliphatic heterocycles. The van der Waals surface area contributed by atoms with Crippen molar-refractivity contribution in [2.24, 2.45) is 0 Å². The van der Waals surface area contributed by atoms with Gasteiger partial charge < -0.3 is 0 Å². The molecule has 0 aliphatic carbocycles. The topological polar surface area (TPSA) is 50.7 Å². The summed E-state index contributed by atoms with van der Waals surface area (Å²) in [5, 5.41) is 3.74. The van der Waals surface area contributed by atoms with Gasteiger partial charge in [-0.05, 0) is 0 Å². The first kappa shape index (κ1) is 18.6. The molecular weight excluding hydrogens is 480 g/mol. The van der Waals surface area contributed by atoms with E-state index in [0.29, 0.717) is 22.4 Å². The van der Waals surface area contributed by atoms with E-state index in [4.69, 9.17) is 0 Å². The third-order valence-electron chi connectivity index (χ3n) is 4.05. The van der Waals surface area contributed by atoms with E-state index in [1.54, 1.807) is 22.4 Å². The van der Waals surface area contributed by atoms with Crippen LogP contribution in [0.5, 0.6) is 0 Å². The van der Waals surface area contributed by atoms with Crippen LogP contribution in [0.2, 0.25) is 0 Å². The van der Waals surface area contributed by atoms with Crippen LogP contribution in [-0.4, -0.2) is 21.5 Å². The summed E-state index contributed by atoms with van der Waals surface area (Å²) in [5.41, 5.74) is 2.46. The molecule has 142 valence electrons. The van der Waals surface area contributed by atoms with Crippen molar-refractivity contribution >= 4 is 16.9 Å². The maximum atomic E-state index is 14.1. The number of aromatic nitrogens is 3. The average molecular weight is 493 g/mol. The second-order valence-corrected chi connectivity index (χ2v) is 7.89. The van der Waals surface area contributed by atoms with Crippen molar-refractivity contribution in [1.82, 2.24) is 15.0 Å². The molecule has 0 saturated heterocycles. The fraction of sp³-hybridized carbons (Fsp3) is 0.0500. The van der Waals surface area contributed by atoms with Crippen LogP contribution in [0, 0.1) is 5.82 Å². The third kappa shape index (κ3) is 4.06. The number of hydrogen-bond donors (Lipinski definition) is 1. The van der Waals surface area contributed by atoms with Gasteiger partial charge in [-0.3, -0.25) is 0 Å². The van der Waals surface area contributed by atoms with Gasteiger partial charge in [-0.2, -0.15) is 0 Å². The zero-order valence-electron chi connectivity index (χ0n) is 14.3. The number of nitrogens with zero attached hydrogens (tertiary/aromatic N) is 3. The number of anilines is 1. The molecule has 1 N–H and O–H groups in total. The minimum absolute atomic E-state index is 0.163. The summed E-state index contributed by atoms with van der Waals surface area (Å²) in [5.74, 6) is -0.964. The second-order valence-electron chi connectivity index (χ2n) is 5.92. The number of pyridine rings is 1. The second kappa shape index (κ2) is 8.09. The van der Waals surface area contributed by atoms with Gasteiger partial charge in [0, 0.05) is 0 Å². The van der Waals surface area contributed by atoms with Crippen LogP contribution in [-0.2, 0) is 0 Å². The van der Waals surface area contributed by atoms with Gasteiger partial charge in [0.05, 0.1) is 0 Å². The van der Waals surface area contributed by atoms with E-state index in [0.717, 1.165) is 17.2 Å². The van der Waals surface area contributed by atoms with Crippen molar-refractivity contribution in [3.05, 3.63) is 80.1 Å². The molecule has 1 aliphatic rings. The molecule has 4 rings (SSSR count). The zero-order chi connectivity index (χ0) is 19.5. The van der Waals surface area contributed by atoms with Gasteiger partial charge in [-0.15, -0.1) is 0 Å². The van der Waals surface area contributed by atoms with E-state index in [9.17, 15) is 13.2 Å². The van der Waals surface area contributed by atoms with Crippen molar-refractivity contribution < 1.29 is 34.4 Å². The van der Waals surface area contributed by atoms with E-state index in [-0.39, 0.29) is 12.4 Å². The van der Waals surface area contributed by atoms with Gasteiger partial charge in [0.25, 0.3) is 0 Å². The standard InChI is InChI=1S/C20H13F3IN4/c21-15-3-1-12(2-4-15)13-5-17-19(25-9-13)27-11-28-20(17)26-10-14-7-24-8-16(22)6-18(14)23/h1-9,11H,10H2,(H,25,26,27,28)/q-1. The molecule has 28 heavy (non-hydrogen) atoms. The first-order chi connectivity index (χ1) is 13.6. The fourth-order valence-corrected chi connectivity index (χ4v) is 4.31. The van der Waals surface area contributed by atoms with Crippen molar-refractivity contribution in [2.45, 2.75) is 0 Å². The van der Waals surface area contributed by atoms with Crippen molar-refractivity contribution in [3.8, 4) is 11.1 Å². The summed E-state index contributed by atoms with van der Waals surface area (Å²) < 4.78 is 43.8. The first-order valence-electron chi connectivity index (χ1n) is 8.25. The Bertz CT molecular complexity index is 1120. The normalized spacial score (nSPS) is 14.5. The van der Waals surface area contributed by atoms with Crippen LogP contribution in [0.25, 0.3) is 22.2 Å². The summed E-state index contributed by atoms with van der Waals surface area (Å²) >= 11 is -0.684. The molecule has 0 spiro atoms. The molecule has 0 saturated carbocycles. The third-order valence-corrected chi connectivity index (χ3v) is 6.11. The van der Waals surface area contributed by atoms with Gasteiger partial charge in [-0.1, -0.05) is 0 Å². The SMILES string of the molecule is FC1=C[I-]C=C(CNc2ncnc3ncc(-c4ccc(F)cc4)cc23)C(F)=C1. The molecule has 4 nitrogen and oxygen atoms in total. The van der Waals surface area contributed by atoms with E-state index < -0.39 is 32.9 Å². The number of benzene rings is 1. The Kier molecular flexibility index (Phi) is 5.38. The molecule has 0 atom stereocenters. The maximum absolute atomic E-state index is 14.1. The molecule has 2 aromatic heterocycles. The van der Waals surface area contributed by atoms with E-state index >= 15 is 0 Å². The number of allylic oxidation sites excluding steroid dienone is 2. The van der Waals surface area contributed by atoms with E-state index in [1.165, 1.54) is 22.5 Å². The van der Waals surface area contributed by atoms with Crippen LogP contribution < -0.4 is 26.5 Å². The Morgan fingerprint density at radius 1 is 0.929 bits per heavy atom. The predicted molar refractivity (Wildman–Crippen MR) is 97.7 cm³/mol. The average Bonchev–Trinajstić information content (AvgIpc) is 2.86. The quantitative estimate of drug-likeness (QED) is 0.565. The number of hydrogen-bond acceptors (Lipinski definition) is 4. The summed E-state index contributed by atoms with van der Waals surface area (Å²) in [4.78, 5) is 12.7. The van der Waals surface area contributed by atoms with Crippen molar-refractivity contribution in [3.63, 3.8) is 0 Å². The fourth-order valence-electron chi connectivity index (χ4n) is 2.65.